The van der Waals surface area contributed by atoms with Gasteiger partial charge in [-0.2, -0.15) is 0 Å². The predicted molar refractivity (Wildman–Crippen MR) is 125 cm³/mol. The summed E-state index contributed by atoms with van der Waals surface area (Å²) in [6, 6.07) is 14.7. The van der Waals surface area contributed by atoms with E-state index in [9.17, 15) is 9.59 Å². The molecule has 0 saturated heterocycles. The van der Waals surface area contributed by atoms with E-state index < -0.39 is 0 Å². The highest BCUT2D eigenvalue weighted by Crippen LogP contribution is 2.22. The lowest BCUT2D eigenvalue weighted by Crippen LogP contribution is -2.40. The van der Waals surface area contributed by atoms with Gasteiger partial charge in [-0.3, -0.25) is 14.2 Å². The monoisotopic (exact) mass is 440 g/mol. The van der Waals surface area contributed by atoms with Crippen LogP contribution in [-0.2, 0) is 18.3 Å². The van der Waals surface area contributed by atoms with E-state index in [1.165, 1.54) is 4.57 Å². The normalized spacial score (nSPS) is 12.3. The molecule has 31 heavy (non-hydrogen) atoms. The highest BCUT2D eigenvalue weighted by molar-refractivity contribution is 6.31. The van der Waals surface area contributed by atoms with Gasteiger partial charge in [0.15, 0.2) is 0 Å². The first-order valence-electron chi connectivity index (χ1n) is 10.4. The molecule has 1 unspecified atom stereocenters. The molecule has 3 rings (SSSR count). The lowest BCUT2D eigenvalue weighted by molar-refractivity contribution is -0.133. The van der Waals surface area contributed by atoms with Crippen LogP contribution in [0.4, 0.5) is 0 Å². The summed E-state index contributed by atoms with van der Waals surface area (Å²) in [6.07, 6.45) is 1.07. The Bertz CT molecular complexity index is 1110. The first kappa shape index (κ1) is 23.0. The predicted octanol–water partition coefficient (Wildman–Crippen LogP) is 3.67. The van der Waals surface area contributed by atoms with Crippen molar-refractivity contribution in [3.8, 4) is 0 Å². The standard InChI is InChI=1S/C24H29ClN4O2/c1-17(23-26-21-16-19(25)11-12-20(21)24(31)28(23)4)29(15-14-27(2)3)22(30)13-10-18-8-6-5-7-9-18/h5-9,11-12,16-17H,10,13-15H2,1-4H3. The van der Waals surface area contributed by atoms with Gasteiger partial charge >= 0.3 is 0 Å². The Morgan fingerprint density at radius 3 is 2.52 bits per heavy atom. The molecular formula is C24H29ClN4O2. The van der Waals surface area contributed by atoms with Crippen molar-refractivity contribution >= 4 is 28.4 Å². The van der Waals surface area contributed by atoms with Gasteiger partial charge in [-0.05, 0) is 51.2 Å². The van der Waals surface area contributed by atoms with Crippen molar-refractivity contribution in [2.75, 3.05) is 27.2 Å². The third kappa shape index (κ3) is 5.51. The second kappa shape index (κ2) is 10.1. The summed E-state index contributed by atoms with van der Waals surface area (Å²) in [6.45, 7) is 3.19. The zero-order chi connectivity index (χ0) is 22.5. The summed E-state index contributed by atoms with van der Waals surface area (Å²) in [5.41, 5.74) is 1.52. The molecule has 0 saturated carbocycles. The number of carbonyl (C=O) groups is 1. The highest BCUT2D eigenvalue weighted by atomic mass is 35.5. The van der Waals surface area contributed by atoms with E-state index in [0.717, 1.165) is 12.1 Å². The van der Waals surface area contributed by atoms with E-state index in [1.807, 2.05) is 61.2 Å². The van der Waals surface area contributed by atoms with Crippen molar-refractivity contribution in [2.24, 2.45) is 7.05 Å². The maximum atomic E-state index is 13.2. The Balaban J connectivity index is 1.92. The van der Waals surface area contributed by atoms with Crippen LogP contribution in [0.3, 0.4) is 0 Å². The second-order valence-electron chi connectivity index (χ2n) is 8.05. The largest absolute Gasteiger partial charge is 0.331 e. The Labute approximate surface area is 188 Å². The Morgan fingerprint density at radius 1 is 1.13 bits per heavy atom. The molecule has 3 aromatic rings. The van der Waals surface area contributed by atoms with Gasteiger partial charge in [-0.25, -0.2) is 4.98 Å². The van der Waals surface area contributed by atoms with Crippen LogP contribution in [0, 0.1) is 0 Å². The van der Waals surface area contributed by atoms with Gasteiger partial charge in [0, 0.05) is 31.6 Å². The molecule has 6 nitrogen and oxygen atoms in total. The van der Waals surface area contributed by atoms with Gasteiger partial charge in [0.2, 0.25) is 5.91 Å². The van der Waals surface area contributed by atoms with E-state index in [2.05, 4.69) is 0 Å². The highest BCUT2D eigenvalue weighted by Gasteiger charge is 2.25. The number of rotatable bonds is 8. The summed E-state index contributed by atoms with van der Waals surface area (Å²) in [5.74, 6) is 0.588. The quantitative estimate of drug-likeness (QED) is 0.536. The molecule has 1 aromatic heterocycles. The number of amides is 1. The van der Waals surface area contributed by atoms with Crippen LogP contribution < -0.4 is 5.56 Å². The third-order valence-corrected chi connectivity index (χ3v) is 5.73. The molecule has 1 heterocycles. The zero-order valence-corrected chi connectivity index (χ0v) is 19.3. The Kier molecular flexibility index (Phi) is 7.46. The van der Waals surface area contributed by atoms with Crippen LogP contribution in [-0.4, -0.2) is 52.4 Å². The van der Waals surface area contributed by atoms with Crippen molar-refractivity contribution < 1.29 is 4.79 Å². The topological polar surface area (TPSA) is 58.4 Å². The fraction of sp³-hybridized carbons (Fsp3) is 0.375. The third-order valence-electron chi connectivity index (χ3n) is 5.49. The number of hydrogen-bond donors (Lipinski definition) is 0. The van der Waals surface area contributed by atoms with Crippen molar-refractivity contribution in [2.45, 2.75) is 25.8 Å². The smallest absolute Gasteiger partial charge is 0.261 e. The maximum absolute atomic E-state index is 13.2. The minimum Gasteiger partial charge on any atom is -0.331 e. The van der Waals surface area contributed by atoms with E-state index in [1.54, 1.807) is 25.2 Å². The number of fused-ring (bicyclic) bond motifs is 1. The summed E-state index contributed by atoms with van der Waals surface area (Å²) >= 11 is 6.12. The molecule has 164 valence electrons. The van der Waals surface area contributed by atoms with Gasteiger partial charge < -0.3 is 9.80 Å². The Morgan fingerprint density at radius 2 is 1.84 bits per heavy atom. The average Bonchev–Trinajstić information content (AvgIpc) is 2.75. The molecule has 1 atom stereocenters. The van der Waals surface area contributed by atoms with Crippen LogP contribution in [0.2, 0.25) is 5.02 Å². The molecule has 0 fully saturated rings. The maximum Gasteiger partial charge on any atom is 0.261 e. The number of benzene rings is 2. The van der Waals surface area contributed by atoms with Crippen LogP contribution in [0.15, 0.2) is 53.3 Å². The molecule has 2 aromatic carbocycles. The second-order valence-corrected chi connectivity index (χ2v) is 8.48. The average molecular weight is 441 g/mol. The van der Waals surface area contributed by atoms with E-state index >= 15 is 0 Å². The first-order chi connectivity index (χ1) is 14.8. The van der Waals surface area contributed by atoms with E-state index in [-0.39, 0.29) is 17.5 Å². The van der Waals surface area contributed by atoms with Crippen LogP contribution in [0.25, 0.3) is 10.9 Å². The molecule has 0 aliphatic heterocycles. The van der Waals surface area contributed by atoms with Gasteiger partial charge in [0.25, 0.3) is 5.56 Å². The summed E-state index contributed by atoms with van der Waals surface area (Å²) in [4.78, 5) is 34.7. The van der Waals surface area contributed by atoms with Crippen LogP contribution >= 0.6 is 11.6 Å². The van der Waals surface area contributed by atoms with Crippen LogP contribution in [0.1, 0.15) is 30.8 Å². The lowest BCUT2D eigenvalue weighted by atomic mass is 10.1. The van der Waals surface area contributed by atoms with Gasteiger partial charge in [-0.15, -0.1) is 0 Å². The van der Waals surface area contributed by atoms with E-state index in [4.69, 9.17) is 16.6 Å². The number of carbonyl (C=O) groups excluding carboxylic acids is 1. The molecule has 0 aliphatic carbocycles. The van der Waals surface area contributed by atoms with Gasteiger partial charge in [0.1, 0.15) is 5.82 Å². The molecule has 0 N–H and O–H groups in total. The first-order valence-corrected chi connectivity index (χ1v) is 10.8. The lowest BCUT2D eigenvalue weighted by Gasteiger charge is -2.31. The zero-order valence-electron chi connectivity index (χ0n) is 18.5. The SMILES string of the molecule is CC(c1nc2cc(Cl)ccc2c(=O)n1C)N(CCN(C)C)C(=O)CCc1ccccc1. The summed E-state index contributed by atoms with van der Waals surface area (Å²) in [7, 11) is 5.65. The molecule has 0 aliphatic rings. The minimum atomic E-state index is -0.357. The van der Waals surface area contributed by atoms with Crippen molar-refractivity contribution in [3.05, 3.63) is 75.3 Å². The number of likely N-dealkylation sites (N-methyl/N-ethyl adjacent to an activating group) is 1. The Hall–Kier alpha value is -2.70. The van der Waals surface area contributed by atoms with Gasteiger partial charge in [0.05, 0.1) is 16.9 Å². The summed E-state index contributed by atoms with van der Waals surface area (Å²) < 4.78 is 1.54. The van der Waals surface area contributed by atoms with Gasteiger partial charge in [-0.1, -0.05) is 41.9 Å². The molecule has 0 radical (unpaired) electrons. The fourth-order valence-corrected chi connectivity index (χ4v) is 3.82. The number of aryl methyl sites for hydroxylation is 1. The summed E-state index contributed by atoms with van der Waals surface area (Å²) in [5, 5.41) is 1.04. The molecule has 0 spiro atoms. The number of halogens is 1. The molecule has 1 amide bonds. The number of nitrogens with zero attached hydrogens (tertiary/aromatic N) is 4. The van der Waals surface area contributed by atoms with Crippen molar-refractivity contribution in [3.63, 3.8) is 0 Å². The van der Waals surface area contributed by atoms with Crippen LogP contribution in [0.5, 0.6) is 0 Å². The number of aromatic nitrogens is 2. The van der Waals surface area contributed by atoms with Crippen molar-refractivity contribution in [1.82, 2.24) is 19.4 Å². The molecule has 7 heteroatoms. The number of hydrogen-bond acceptors (Lipinski definition) is 4. The molecular weight excluding hydrogens is 412 g/mol. The minimum absolute atomic E-state index is 0.0404. The van der Waals surface area contributed by atoms with E-state index in [0.29, 0.717) is 41.1 Å². The fourth-order valence-electron chi connectivity index (χ4n) is 3.66. The van der Waals surface area contributed by atoms with Crippen molar-refractivity contribution in [1.29, 1.82) is 0 Å². The molecule has 0 bridgehead atoms.